The highest BCUT2D eigenvalue weighted by Gasteiger charge is 2.13. The highest BCUT2D eigenvalue weighted by atomic mass is 32.1. The lowest BCUT2D eigenvalue weighted by Gasteiger charge is -2.15. The summed E-state index contributed by atoms with van der Waals surface area (Å²) in [4.78, 5) is 17.9. The van der Waals surface area contributed by atoms with E-state index in [1.165, 1.54) is 22.5 Å². The fourth-order valence-electron chi connectivity index (χ4n) is 3.81. The number of rotatable bonds is 9. The Balaban J connectivity index is 1.44. The van der Waals surface area contributed by atoms with Gasteiger partial charge in [0.1, 0.15) is 11.6 Å². The maximum Gasteiger partial charge on any atom is 0.261 e. The summed E-state index contributed by atoms with van der Waals surface area (Å²) >= 11 is 1.44. The van der Waals surface area contributed by atoms with Crippen LogP contribution in [0, 0.1) is 6.92 Å². The van der Waals surface area contributed by atoms with E-state index in [4.69, 9.17) is 9.72 Å². The zero-order valence-corrected chi connectivity index (χ0v) is 19.6. The van der Waals surface area contributed by atoms with E-state index in [9.17, 15) is 4.79 Å². The molecule has 0 spiro atoms. The van der Waals surface area contributed by atoms with Crippen molar-refractivity contribution >= 4 is 28.3 Å². The van der Waals surface area contributed by atoms with Crippen LogP contribution in [0.3, 0.4) is 0 Å². The summed E-state index contributed by atoms with van der Waals surface area (Å²) in [6, 6.07) is 18.2. The van der Waals surface area contributed by atoms with E-state index in [2.05, 4.69) is 54.9 Å². The van der Waals surface area contributed by atoms with Crippen molar-refractivity contribution in [2.75, 3.05) is 6.61 Å². The molecule has 5 nitrogen and oxygen atoms in total. The number of thiophene rings is 1. The second-order valence-corrected chi connectivity index (χ2v) is 9.17. The van der Waals surface area contributed by atoms with E-state index in [1.54, 1.807) is 0 Å². The smallest absolute Gasteiger partial charge is 0.261 e. The molecule has 0 bridgehead atoms. The van der Waals surface area contributed by atoms with E-state index >= 15 is 0 Å². The number of carbonyl (C=O) groups is 1. The summed E-state index contributed by atoms with van der Waals surface area (Å²) in [5.41, 5.74) is 4.45. The van der Waals surface area contributed by atoms with Gasteiger partial charge in [0.2, 0.25) is 0 Å². The molecule has 0 unspecified atom stereocenters. The van der Waals surface area contributed by atoms with Crippen molar-refractivity contribution in [1.29, 1.82) is 0 Å². The predicted octanol–water partition coefficient (Wildman–Crippen LogP) is 5.93. The van der Waals surface area contributed by atoms with Crippen LogP contribution in [0.2, 0.25) is 0 Å². The van der Waals surface area contributed by atoms with Gasteiger partial charge >= 0.3 is 0 Å². The molecule has 2 aromatic carbocycles. The molecule has 2 heterocycles. The highest BCUT2D eigenvalue weighted by Crippen LogP contribution is 2.27. The average molecular weight is 448 g/mol. The van der Waals surface area contributed by atoms with E-state index in [0.717, 1.165) is 35.6 Å². The summed E-state index contributed by atoms with van der Waals surface area (Å²) in [6.07, 6.45) is 0.845. The number of nitrogens with zero attached hydrogens (tertiary/aromatic N) is 2. The maximum atomic E-state index is 12.4. The molecule has 4 rings (SSSR count). The number of para-hydroxylation sites is 2. The molecule has 0 fully saturated rings. The third kappa shape index (κ3) is 5.02. The Kier molecular flexibility index (Phi) is 6.90. The third-order valence-electron chi connectivity index (χ3n) is 5.46. The minimum absolute atomic E-state index is 0.0670. The lowest BCUT2D eigenvalue weighted by Crippen LogP contribution is -2.24. The molecule has 1 amide bonds. The molecule has 0 atom stereocenters. The number of ether oxygens (including phenoxy) is 1. The number of fused-ring (bicyclic) bond motifs is 1. The first-order chi connectivity index (χ1) is 15.5. The fourth-order valence-corrected chi connectivity index (χ4v) is 4.45. The van der Waals surface area contributed by atoms with Crippen molar-refractivity contribution < 1.29 is 9.53 Å². The molecule has 1 N–H and O–H groups in total. The average Bonchev–Trinajstić information content (AvgIpc) is 3.43. The molecule has 4 aromatic rings. The summed E-state index contributed by atoms with van der Waals surface area (Å²) in [5, 5.41) is 4.91. The molecule has 2 aromatic heterocycles. The van der Waals surface area contributed by atoms with Gasteiger partial charge in [-0.1, -0.05) is 44.2 Å². The van der Waals surface area contributed by atoms with Gasteiger partial charge in [-0.05, 0) is 60.0 Å². The van der Waals surface area contributed by atoms with E-state index in [-0.39, 0.29) is 5.91 Å². The molecule has 0 radical (unpaired) electrons. The van der Waals surface area contributed by atoms with E-state index in [0.29, 0.717) is 23.9 Å². The lowest BCUT2D eigenvalue weighted by atomic mass is 10.0. The first kappa shape index (κ1) is 22.1. The molecule has 0 aliphatic carbocycles. The number of imidazole rings is 1. The highest BCUT2D eigenvalue weighted by molar-refractivity contribution is 7.12. The lowest BCUT2D eigenvalue weighted by molar-refractivity contribution is 0.0953. The van der Waals surface area contributed by atoms with Crippen molar-refractivity contribution in [1.82, 2.24) is 14.9 Å². The predicted molar refractivity (Wildman–Crippen MR) is 131 cm³/mol. The van der Waals surface area contributed by atoms with Crippen LogP contribution in [0.15, 0.2) is 60.0 Å². The van der Waals surface area contributed by atoms with Crippen molar-refractivity contribution in [3.8, 4) is 5.75 Å². The third-order valence-corrected chi connectivity index (χ3v) is 6.33. The van der Waals surface area contributed by atoms with Crippen LogP contribution in [-0.4, -0.2) is 22.1 Å². The topological polar surface area (TPSA) is 56.1 Å². The number of hydrogen-bond donors (Lipinski definition) is 1. The molecule has 0 saturated carbocycles. The Morgan fingerprint density at radius 3 is 2.78 bits per heavy atom. The van der Waals surface area contributed by atoms with Crippen LogP contribution in [-0.2, 0) is 13.1 Å². The Morgan fingerprint density at radius 2 is 2.00 bits per heavy atom. The molecule has 6 heteroatoms. The molecular weight excluding hydrogens is 418 g/mol. The summed E-state index contributed by atoms with van der Waals surface area (Å²) in [6.45, 7) is 8.25. The zero-order valence-electron chi connectivity index (χ0n) is 18.8. The van der Waals surface area contributed by atoms with Crippen LogP contribution in [0.5, 0.6) is 5.75 Å². The fraction of sp³-hybridized carbons (Fsp3) is 0.308. The largest absolute Gasteiger partial charge is 0.493 e. The summed E-state index contributed by atoms with van der Waals surface area (Å²) in [7, 11) is 0. The van der Waals surface area contributed by atoms with Gasteiger partial charge in [0.05, 0.1) is 29.1 Å². The van der Waals surface area contributed by atoms with Gasteiger partial charge in [-0.3, -0.25) is 4.79 Å². The van der Waals surface area contributed by atoms with Crippen molar-refractivity contribution in [2.45, 2.75) is 46.2 Å². The normalized spacial score (nSPS) is 11.2. The SMILES string of the molecule is Cc1ccc(C(C)C)c(OCCCn2c(CNC(=O)c3cccs3)nc3ccccc32)c1. The second-order valence-electron chi connectivity index (χ2n) is 8.23. The van der Waals surface area contributed by atoms with E-state index in [1.807, 2.05) is 35.7 Å². The Bertz CT molecular complexity index is 1200. The minimum Gasteiger partial charge on any atom is -0.493 e. The summed E-state index contributed by atoms with van der Waals surface area (Å²) < 4.78 is 8.36. The van der Waals surface area contributed by atoms with Crippen LogP contribution in [0.4, 0.5) is 0 Å². The number of benzene rings is 2. The van der Waals surface area contributed by atoms with Crippen molar-refractivity contribution in [3.63, 3.8) is 0 Å². The standard InChI is InChI=1S/C26H29N3O2S/c1-18(2)20-12-11-19(3)16-23(20)31-14-7-13-29-22-9-5-4-8-21(22)28-25(29)17-27-26(30)24-10-6-15-32-24/h4-6,8-12,15-16,18H,7,13-14,17H2,1-3H3,(H,27,30). The summed E-state index contributed by atoms with van der Waals surface area (Å²) in [5.74, 6) is 2.18. The van der Waals surface area contributed by atoms with E-state index < -0.39 is 0 Å². The number of carbonyl (C=O) groups excluding carboxylic acids is 1. The zero-order chi connectivity index (χ0) is 22.5. The van der Waals surface area contributed by atoms with Crippen molar-refractivity contribution in [2.24, 2.45) is 0 Å². The minimum atomic E-state index is -0.0670. The van der Waals surface area contributed by atoms with Crippen LogP contribution >= 0.6 is 11.3 Å². The molecule has 166 valence electrons. The van der Waals surface area contributed by atoms with Gasteiger partial charge in [-0.15, -0.1) is 11.3 Å². The van der Waals surface area contributed by atoms with Crippen LogP contribution in [0.1, 0.15) is 52.8 Å². The van der Waals surface area contributed by atoms with Crippen LogP contribution < -0.4 is 10.1 Å². The van der Waals surface area contributed by atoms with Crippen molar-refractivity contribution in [3.05, 3.63) is 81.8 Å². The van der Waals surface area contributed by atoms with Gasteiger partial charge < -0.3 is 14.6 Å². The second kappa shape index (κ2) is 10.0. The Morgan fingerprint density at radius 1 is 1.16 bits per heavy atom. The molecule has 0 aliphatic heterocycles. The van der Waals surface area contributed by atoms with Gasteiger partial charge in [-0.2, -0.15) is 0 Å². The number of aryl methyl sites for hydroxylation is 2. The quantitative estimate of drug-likeness (QED) is 0.324. The molecule has 32 heavy (non-hydrogen) atoms. The van der Waals surface area contributed by atoms with Crippen LogP contribution in [0.25, 0.3) is 11.0 Å². The maximum absolute atomic E-state index is 12.4. The first-order valence-corrected chi connectivity index (χ1v) is 11.9. The van der Waals surface area contributed by atoms with Gasteiger partial charge in [-0.25, -0.2) is 4.98 Å². The number of nitrogens with one attached hydrogen (secondary N) is 1. The first-order valence-electron chi connectivity index (χ1n) is 11.0. The Labute approximate surface area is 193 Å². The number of hydrogen-bond acceptors (Lipinski definition) is 4. The number of amides is 1. The molecule has 0 saturated heterocycles. The Hall–Kier alpha value is -3.12. The monoisotopic (exact) mass is 447 g/mol. The molecule has 0 aliphatic rings. The van der Waals surface area contributed by atoms with Gasteiger partial charge in [0.15, 0.2) is 0 Å². The van der Waals surface area contributed by atoms with Gasteiger partial charge in [0, 0.05) is 6.54 Å². The number of aromatic nitrogens is 2. The molecular formula is C26H29N3O2S. The van der Waals surface area contributed by atoms with Gasteiger partial charge in [0.25, 0.3) is 5.91 Å².